The van der Waals surface area contributed by atoms with Gasteiger partial charge in [0.2, 0.25) is 5.91 Å². The number of halogens is 2. The van der Waals surface area contributed by atoms with E-state index in [-0.39, 0.29) is 18.4 Å². The summed E-state index contributed by atoms with van der Waals surface area (Å²) in [7, 11) is 5.35. The summed E-state index contributed by atoms with van der Waals surface area (Å²) >= 11 is 10.7. The van der Waals surface area contributed by atoms with Crippen molar-refractivity contribution < 1.29 is 9.59 Å². The minimum absolute atomic E-state index is 0.0479. The van der Waals surface area contributed by atoms with Crippen molar-refractivity contribution in [2.24, 2.45) is 0 Å². The molecule has 0 unspecified atom stereocenters. The Balaban J connectivity index is 2.05. The molecule has 0 saturated carbocycles. The Morgan fingerprint density at radius 3 is 2.50 bits per heavy atom. The van der Waals surface area contributed by atoms with Crippen LogP contribution in [0.25, 0.3) is 0 Å². The Kier molecular flexibility index (Phi) is 6.26. The maximum Gasteiger partial charge on any atom is 0.264 e. The van der Waals surface area contributed by atoms with E-state index in [4.69, 9.17) is 11.6 Å². The summed E-state index contributed by atoms with van der Waals surface area (Å²) in [4.78, 5) is 28.4. The first-order valence-electron chi connectivity index (χ1n) is 7.05. The molecule has 1 aromatic carbocycles. The molecule has 0 atom stereocenters. The monoisotopic (exact) mass is 429 g/mol. The van der Waals surface area contributed by atoms with Crippen LogP contribution in [0.3, 0.4) is 0 Å². The average Bonchev–Trinajstić information content (AvgIpc) is 2.92. The number of nitrogens with zero attached hydrogens (tertiary/aromatic N) is 2. The van der Waals surface area contributed by atoms with E-state index in [0.29, 0.717) is 15.6 Å². The van der Waals surface area contributed by atoms with Gasteiger partial charge in [-0.25, -0.2) is 0 Å². The summed E-state index contributed by atoms with van der Waals surface area (Å²) in [5.74, 6) is -0.480. The van der Waals surface area contributed by atoms with Gasteiger partial charge in [-0.15, -0.1) is 11.3 Å². The third-order valence-electron chi connectivity index (χ3n) is 3.23. The van der Waals surface area contributed by atoms with E-state index in [1.54, 1.807) is 31.3 Å². The third kappa shape index (κ3) is 4.72. The molecule has 2 aromatic rings. The maximum absolute atomic E-state index is 12.3. The number of thiophene rings is 1. The van der Waals surface area contributed by atoms with Gasteiger partial charge in [0.15, 0.2) is 0 Å². The lowest BCUT2D eigenvalue weighted by molar-refractivity contribution is -0.116. The van der Waals surface area contributed by atoms with E-state index in [9.17, 15) is 9.59 Å². The number of benzene rings is 1. The molecule has 2 rings (SSSR count). The molecule has 0 aliphatic heterocycles. The van der Waals surface area contributed by atoms with Crippen molar-refractivity contribution in [1.29, 1.82) is 0 Å². The number of hydrogen-bond donors (Lipinski definition) is 1. The molecule has 0 bridgehead atoms. The number of nitrogens with one attached hydrogen (secondary N) is 1. The molecule has 5 nitrogen and oxygen atoms in total. The molecule has 24 heavy (non-hydrogen) atoms. The lowest BCUT2D eigenvalue weighted by Crippen LogP contribution is -2.34. The van der Waals surface area contributed by atoms with E-state index in [1.165, 1.54) is 16.2 Å². The molecular weight excluding hydrogens is 414 g/mol. The van der Waals surface area contributed by atoms with Crippen LogP contribution in [0.5, 0.6) is 0 Å². The van der Waals surface area contributed by atoms with Crippen LogP contribution in [0.4, 0.5) is 11.4 Å². The van der Waals surface area contributed by atoms with Gasteiger partial charge in [0.25, 0.3) is 5.91 Å². The molecule has 1 N–H and O–H groups in total. The van der Waals surface area contributed by atoms with E-state index >= 15 is 0 Å². The summed E-state index contributed by atoms with van der Waals surface area (Å²) in [6, 6.07) is 8.81. The molecule has 2 amide bonds. The van der Waals surface area contributed by atoms with Crippen LogP contribution in [-0.2, 0) is 4.79 Å². The lowest BCUT2D eigenvalue weighted by Gasteiger charge is -2.20. The second-order valence-electron chi connectivity index (χ2n) is 5.37. The second-order valence-corrected chi connectivity index (χ2v) is 8.27. The first-order valence-corrected chi connectivity index (χ1v) is 9.04. The van der Waals surface area contributed by atoms with Gasteiger partial charge < -0.3 is 15.1 Å². The topological polar surface area (TPSA) is 52.7 Å². The molecule has 0 radical (unpaired) electrons. The van der Waals surface area contributed by atoms with Crippen molar-refractivity contribution in [2.75, 3.05) is 37.9 Å². The number of amides is 2. The Morgan fingerprint density at radius 2 is 1.92 bits per heavy atom. The van der Waals surface area contributed by atoms with E-state index < -0.39 is 0 Å². The standard InChI is InChI=1S/C16H17BrClN3O2S/c1-20(2)12-5-4-10(18)8-11(12)19-15(22)9-21(3)16(23)13-6-7-14(17)24-13/h4-8H,9H2,1-3H3,(H,19,22). The van der Waals surface area contributed by atoms with Crippen LogP contribution in [0.1, 0.15) is 9.67 Å². The maximum atomic E-state index is 12.3. The van der Waals surface area contributed by atoms with Gasteiger partial charge >= 0.3 is 0 Å². The van der Waals surface area contributed by atoms with E-state index in [2.05, 4.69) is 21.2 Å². The van der Waals surface area contributed by atoms with Crippen molar-refractivity contribution in [2.45, 2.75) is 0 Å². The molecule has 0 fully saturated rings. The van der Waals surface area contributed by atoms with Crippen molar-refractivity contribution in [3.8, 4) is 0 Å². The fourth-order valence-corrected chi connectivity index (χ4v) is 3.65. The number of carbonyl (C=O) groups is 2. The van der Waals surface area contributed by atoms with Gasteiger partial charge in [-0.2, -0.15) is 0 Å². The quantitative estimate of drug-likeness (QED) is 0.782. The number of anilines is 2. The zero-order chi connectivity index (χ0) is 17.9. The number of carbonyl (C=O) groups excluding carboxylic acids is 2. The van der Waals surface area contributed by atoms with E-state index in [1.807, 2.05) is 25.1 Å². The molecule has 0 saturated heterocycles. The first-order chi connectivity index (χ1) is 11.3. The largest absolute Gasteiger partial charge is 0.376 e. The Labute approximate surface area is 158 Å². The number of hydrogen-bond acceptors (Lipinski definition) is 4. The van der Waals surface area contributed by atoms with E-state index in [0.717, 1.165) is 9.47 Å². The molecular formula is C16H17BrClN3O2S. The fraction of sp³-hybridized carbons (Fsp3) is 0.250. The highest BCUT2D eigenvalue weighted by Crippen LogP contribution is 2.28. The SMILES string of the molecule is CN(CC(=O)Nc1cc(Cl)ccc1N(C)C)C(=O)c1ccc(Br)s1. The average molecular weight is 431 g/mol. The Hall–Kier alpha value is -1.57. The van der Waals surface area contributed by atoms with Crippen LogP contribution < -0.4 is 10.2 Å². The summed E-state index contributed by atoms with van der Waals surface area (Å²) in [5, 5.41) is 3.34. The Morgan fingerprint density at radius 1 is 1.21 bits per heavy atom. The lowest BCUT2D eigenvalue weighted by atomic mass is 10.2. The fourth-order valence-electron chi connectivity index (χ4n) is 2.09. The molecule has 128 valence electrons. The molecule has 8 heteroatoms. The van der Waals surface area contributed by atoms with Crippen molar-refractivity contribution in [1.82, 2.24) is 4.90 Å². The van der Waals surface area contributed by atoms with Crippen molar-refractivity contribution in [3.63, 3.8) is 0 Å². The van der Waals surface area contributed by atoms with Crippen LogP contribution in [0.15, 0.2) is 34.1 Å². The van der Waals surface area contributed by atoms with Gasteiger partial charge in [-0.1, -0.05) is 11.6 Å². The van der Waals surface area contributed by atoms with Gasteiger partial charge in [0.05, 0.1) is 26.6 Å². The Bertz CT molecular complexity index is 764. The van der Waals surface area contributed by atoms with Crippen molar-refractivity contribution in [3.05, 3.63) is 44.0 Å². The minimum Gasteiger partial charge on any atom is -0.376 e. The molecule has 0 spiro atoms. The molecule has 1 aromatic heterocycles. The summed E-state index contributed by atoms with van der Waals surface area (Å²) in [6.45, 7) is -0.0479. The summed E-state index contributed by atoms with van der Waals surface area (Å²) < 4.78 is 0.873. The summed E-state index contributed by atoms with van der Waals surface area (Å²) in [5.41, 5.74) is 1.45. The van der Waals surface area contributed by atoms with Crippen LogP contribution in [0, 0.1) is 0 Å². The van der Waals surface area contributed by atoms with Gasteiger partial charge in [-0.05, 0) is 46.3 Å². The second kappa shape index (κ2) is 8.00. The first kappa shape index (κ1) is 18.8. The highest BCUT2D eigenvalue weighted by molar-refractivity contribution is 9.11. The molecule has 1 heterocycles. The highest BCUT2D eigenvalue weighted by atomic mass is 79.9. The van der Waals surface area contributed by atoms with Gasteiger partial charge in [0, 0.05) is 26.2 Å². The zero-order valence-electron chi connectivity index (χ0n) is 13.5. The molecule has 0 aliphatic carbocycles. The number of likely N-dealkylation sites (N-methyl/N-ethyl adjacent to an activating group) is 1. The third-order valence-corrected chi connectivity index (χ3v) is 5.07. The number of rotatable bonds is 5. The van der Waals surface area contributed by atoms with Crippen LogP contribution in [-0.4, -0.2) is 44.4 Å². The predicted molar refractivity (Wildman–Crippen MR) is 103 cm³/mol. The smallest absolute Gasteiger partial charge is 0.264 e. The van der Waals surface area contributed by atoms with Gasteiger partial charge in [-0.3, -0.25) is 9.59 Å². The highest BCUT2D eigenvalue weighted by Gasteiger charge is 2.17. The minimum atomic E-state index is -0.285. The van der Waals surface area contributed by atoms with Crippen LogP contribution in [0.2, 0.25) is 5.02 Å². The predicted octanol–water partition coefficient (Wildman–Crippen LogP) is 3.94. The summed E-state index contributed by atoms with van der Waals surface area (Å²) in [6.07, 6.45) is 0. The molecule has 0 aliphatic rings. The van der Waals surface area contributed by atoms with Crippen LogP contribution >= 0.6 is 38.9 Å². The normalized spacial score (nSPS) is 10.4. The van der Waals surface area contributed by atoms with Crippen molar-refractivity contribution >= 4 is 62.1 Å². The van der Waals surface area contributed by atoms with Gasteiger partial charge in [0.1, 0.15) is 0 Å². The zero-order valence-corrected chi connectivity index (χ0v) is 16.6.